The highest BCUT2D eigenvalue weighted by atomic mass is 16.6. The fourth-order valence-electron chi connectivity index (χ4n) is 3.32. The van der Waals surface area contributed by atoms with E-state index in [4.69, 9.17) is 4.74 Å². The zero-order chi connectivity index (χ0) is 15.6. The first kappa shape index (κ1) is 18.1. The standard InChI is InChI=1S/C18H33NO2/c1-4-14-19-17(20)21-18(3)13-11-9-7-5-6-8-10-12-16(2)15-18/h4,16H,1,5-15H2,2-3H3,(H,19,20). The molecule has 1 fully saturated rings. The van der Waals surface area contributed by atoms with Gasteiger partial charge in [-0.3, -0.25) is 0 Å². The van der Waals surface area contributed by atoms with E-state index in [-0.39, 0.29) is 11.7 Å². The summed E-state index contributed by atoms with van der Waals surface area (Å²) in [7, 11) is 0. The lowest BCUT2D eigenvalue weighted by molar-refractivity contribution is -0.000639. The van der Waals surface area contributed by atoms with E-state index in [1.165, 1.54) is 44.9 Å². The molecule has 1 amide bonds. The second kappa shape index (κ2) is 9.86. The summed E-state index contributed by atoms with van der Waals surface area (Å²) in [6.45, 7) is 8.46. The molecule has 0 bridgehead atoms. The van der Waals surface area contributed by atoms with Crippen LogP contribution in [-0.2, 0) is 4.74 Å². The normalized spacial score (nSPS) is 28.8. The molecule has 0 aromatic heterocycles. The number of nitrogens with one attached hydrogen (secondary N) is 1. The molecular weight excluding hydrogens is 262 g/mol. The lowest BCUT2D eigenvalue weighted by Crippen LogP contribution is -2.38. The van der Waals surface area contributed by atoms with E-state index >= 15 is 0 Å². The highest BCUT2D eigenvalue weighted by molar-refractivity contribution is 5.67. The average molecular weight is 295 g/mol. The topological polar surface area (TPSA) is 38.3 Å². The van der Waals surface area contributed by atoms with Gasteiger partial charge in [-0.15, -0.1) is 6.58 Å². The molecule has 0 aromatic carbocycles. The molecule has 0 saturated heterocycles. The Kier molecular flexibility index (Phi) is 8.48. The Morgan fingerprint density at radius 1 is 1.24 bits per heavy atom. The van der Waals surface area contributed by atoms with Crippen LogP contribution in [-0.4, -0.2) is 18.2 Å². The van der Waals surface area contributed by atoms with Crippen molar-refractivity contribution >= 4 is 6.09 Å². The lowest BCUT2D eigenvalue weighted by Gasteiger charge is -2.32. The summed E-state index contributed by atoms with van der Waals surface area (Å²) < 4.78 is 5.76. The molecule has 2 atom stereocenters. The summed E-state index contributed by atoms with van der Waals surface area (Å²) >= 11 is 0. The SMILES string of the molecule is C=CCNC(=O)OC1(C)CCCCCCCCCC(C)C1. The Morgan fingerprint density at radius 2 is 1.86 bits per heavy atom. The molecule has 0 aromatic rings. The molecule has 3 heteroatoms. The van der Waals surface area contributed by atoms with Crippen LogP contribution in [0, 0.1) is 5.92 Å². The summed E-state index contributed by atoms with van der Waals surface area (Å²) in [5.41, 5.74) is -0.329. The van der Waals surface area contributed by atoms with Gasteiger partial charge < -0.3 is 10.1 Å². The predicted octanol–water partition coefficient (Wildman–Crippen LogP) is 5.21. The van der Waals surface area contributed by atoms with Gasteiger partial charge in [0.25, 0.3) is 0 Å². The molecule has 3 nitrogen and oxygen atoms in total. The first-order chi connectivity index (χ1) is 10.1. The molecule has 122 valence electrons. The molecular formula is C18H33NO2. The molecule has 0 radical (unpaired) electrons. The molecule has 1 aliphatic carbocycles. The van der Waals surface area contributed by atoms with Crippen LogP contribution in [0.2, 0.25) is 0 Å². The first-order valence-electron chi connectivity index (χ1n) is 8.63. The van der Waals surface area contributed by atoms with Gasteiger partial charge in [-0.2, -0.15) is 0 Å². The number of ether oxygens (including phenoxy) is 1. The predicted molar refractivity (Wildman–Crippen MR) is 88.4 cm³/mol. The third-order valence-corrected chi connectivity index (χ3v) is 4.41. The molecule has 1 aliphatic rings. The van der Waals surface area contributed by atoms with E-state index < -0.39 is 0 Å². The van der Waals surface area contributed by atoms with Gasteiger partial charge >= 0.3 is 6.09 Å². The van der Waals surface area contributed by atoms with Gasteiger partial charge in [-0.1, -0.05) is 57.9 Å². The minimum absolute atomic E-state index is 0.309. The van der Waals surface area contributed by atoms with Crippen molar-refractivity contribution in [2.24, 2.45) is 5.92 Å². The Morgan fingerprint density at radius 3 is 2.52 bits per heavy atom. The summed E-state index contributed by atoms with van der Waals surface area (Å²) in [6, 6.07) is 0. The average Bonchev–Trinajstić information content (AvgIpc) is 2.41. The fraction of sp³-hybridized carbons (Fsp3) is 0.833. The molecule has 0 heterocycles. The van der Waals surface area contributed by atoms with E-state index in [0.717, 1.165) is 19.3 Å². The Bertz CT molecular complexity index is 316. The van der Waals surface area contributed by atoms with Crippen LogP contribution in [0.25, 0.3) is 0 Å². The van der Waals surface area contributed by atoms with Crippen LogP contribution < -0.4 is 5.32 Å². The highest BCUT2D eigenvalue weighted by Gasteiger charge is 2.30. The summed E-state index contributed by atoms with van der Waals surface area (Å²) in [5, 5.41) is 2.73. The van der Waals surface area contributed by atoms with Crippen LogP contribution in [0.15, 0.2) is 12.7 Å². The minimum atomic E-state index is -0.329. The smallest absolute Gasteiger partial charge is 0.407 e. The van der Waals surface area contributed by atoms with Gasteiger partial charge in [-0.05, 0) is 32.1 Å². The van der Waals surface area contributed by atoms with Crippen molar-refractivity contribution in [1.29, 1.82) is 0 Å². The number of hydrogen-bond donors (Lipinski definition) is 1. The van der Waals surface area contributed by atoms with E-state index in [0.29, 0.717) is 12.5 Å². The van der Waals surface area contributed by atoms with Gasteiger partial charge in [0.05, 0.1) is 0 Å². The molecule has 0 aliphatic heterocycles. The van der Waals surface area contributed by atoms with E-state index in [1.807, 2.05) is 0 Å². The Balaban J connectivity index is 2.57. The third kappa shape index (κ3) is 8.13. The largest absolute Gasteiger partial charge is 0.443 e. The second-order valence-corrected chi connectivity index (χ2v) is 6.83. The van der Waals surface area contributed by atoms with Gasteiger partial charge in [0.15, 0.2) is 0 Å². The summed E-state index contributed by atoms with van der Waals surface area (Å²) in [5.74, 6) is 0.613. The molecule has 1 rings (SSSR count). The third-order valence-electron chi connectivity index (χ3n) is 4.41. The van der Waals surface area contributed by atoms with Crippen LogP contribution >= 0.6 is 0 Å². The van der Waals surface area contributed by atoms with E-state index in [9.17, 15) is 4.79 Å². The Labute approximate surface area is 130 Å². The van der Waals surface area contributed by atoms with Gasteiger partial charge in [-0.25, -0.2) is 4.79 Å². The van der Waals surface area contributed by atoms with Crippen molar-refractivity contribution in [3.05, 3.63) is 12.7 Å². The van der Waals surface area contributed by atoms with Gasteiger partial charge in [0.1, 0.15) is 5.60 Å². The quantitative estimate of drug-likeness (QED) is 0.726. The monoisotopic (exact) mass is 295 g/mol. The van der Waals surface area contributed by atoms with Crippen molar-refractivity contribution < 1.29 is 9.53 Å². The van der Waals surface area contributed by atoms with Crippen molar-refractivity contribution in [1.82, 2.24) is 5.32 Å². The zero-order valence-corrected chi connectivity index (χ0v) is 14.0. The highest BCUT2D eigenvalue weighted by Crippen LogP contribution is 2.30. The molecule has 0 spiro atoms. The number of alkyl carbamates (subject to hydrolysis) is 1. The zero-order valence-electron chi connectivity index (χ0n) is 14.0. The van der Waals surface area contributed by atoms with Crippen LogP contribution in [0.1, 0.15) is 78.1 Å². The fourth-order valence-corrected chi connectivity index (χ4v) is 3.32. The van der Waals surface area contributed by atoms with Crippen LogP contribution in [0.5, 0.6) is 0 Å². The summed E-state index contributed by atoms with van der Waals surface area (Å²) in [6.07, 6.45) is 13.6. The maximum absolute atomic E-state index is 11.9. The van der Waals surface area contributed by atoms with Crippen LogP contribution in [0.3, 0.4) is 0 Å². The van der Waals surface area contributed by atoms with Crippen molar-refractivity contribution in [3.8, 4) is 0 Å². The van der Waals surface area contributed by atoms with Crippen LogP contribution in [0.4, 0.5) is 4.79 Å². The second-order valence-electron chi connectivity index (χ2n) is 6.83. The maximum atomic E-state index is 11.9. The van der Waals surface area contributed by atoms with E-state index in [1.54, 1.807) is 6.08 Å². The van der Waals surface area contributed by atoms with E-state index in [2.05, 4.69) is 25.7 Å². The first-order valence-corrected chi connectivity index (χ1v) is 8.63. The summed E-state index contributed by atoms with van der Waals surface area (Å²) in [4.78, 5) is 11.9. The molecule has 1 N–H and O–H groups in total. The number of amides is 1. The number of carbonyl (C=O) groups excluding carboxylic acids is 1. The van der Waals surface area contributed by atoms with Gasteiger partial charge in [0.2, 0.25) is 0 Å². The lowest BCUT2D eigenvalue weighted by atomic mass is 9.85. The number of carbonyl (C=O) groups is 1. The number of rotatable bonds is 3. The molecule has 21 heavy (non-hydrogen) atoms. The van der Waals surface area contributed by atoms with Crippen molar-refractivity contribution in [2.45, 2.75) is 83.7 Å². The Hall–Kier alpha value is -0.990. The number of hydrogen-bond acceptors (Lipinski definition) is 2. The molecule has 2 unspecified atom stereocenters. The minimum Gasteiger partial charge on any atom is -0.443 e. The maximum Gasteiger partial charge on any atom is 0.407 e. The molecule has 1 saturated carbocycles. The van der Waals surface area contributed by atoms with Gasteiger partial charge in [0, 0.05) is 6.54 Å². The van der Waals surface area contributed by atoms with Crippen molar-refractivity contribution in [2.75, 3.05) is 6.54 Å². The van der Waals surface area contributed by atoms with Crippen molar-refractivity contribution in [3.63, 3.8) is 0 Å².